The van der Waals surface area contributed by atoms with Crippen molar-refractivity contribution in [1.29, 1.82) is 0 Å². The fraction of sp³-hybridized carbons (Fsp3) is 0.500. The number of hydrogen-bond acceptors (Lipinski definition) is 13. The first-order valence-corrected chi connectivity index (χ1v) is 14.9. The van der Waals surface area contributed by atoms with E-state index in [0.717, 1.165) is 25.3 Å². The van der Waals surface area contributed by atoms with E-state index >= 15 is 0 Å². The Bertz CT molecular complexity index is 1170. The van der Waals surface area contributed by atoms with Gasteiger partial charge in [0.25, 0.3) is 0 Å². The summed E-state index contributed by atoms with van der Waals surface area (Å²) in [5.41, 5.74) is 1.83. The van der Waals surface area contributed by atoms with Gasteiger partial charge in [0.1, 0.15) is 0 Å². The van der Waals surface area contributed by atoms with Crippen molar-refractivity contribution in [3.05, 3.63) is 24.8 Å². The summed E-state index contributed by atoms with van der Waals surface area (Å²) in [7, 11) is 0. The van der Waals surface area contributed by atoms with Gasteiger partial charge in [0, 0.05) is 43.9 Å². The van der Waals surface area contributed by atoms with Crippen LogP contribution in [0.3, 0.4) is 0 Å². The van der Waals surface area contributed by atoms with Crippen LogP contribution in [0, 0.1) is 0 Å². The second kappa shape index (κ2) is 39.4. The number of carboxylic acids is 11. The lowest BCUT2D eigenvalue weighted by Crippen LogP contribution is -2.42. The second-order valence-electron chi connectivity index (χ2n) is 9.68. The normalized spacial score (nSPS) is 9.37. The van der Waals surface area contributed by atoms with E-state index < -0.39 is 84.1 Å². The molecule has 0 aromatic carbocycles. The van der Waals surface area contributed by atoms with Crippen LogP contribution in [0.25, 0.3) is 0 Å². The van der Waals surface area contributed by atoms with E-state index in [9.17, 15) is 52.7 Å². The van der Waals surface area contributed by atoms with Crippen molar-refractivity contribution >= 4 is 65.7 Å². The minimum absolute atomic E-state index is 0.0628. The summed E-state index contributed by atoms with van der Waals surface area (Å²) in [6.45, 7) is 2.68. The Kier molecular flexibility index (Phi) is 43.5. The first kappa shape index (κ1) is 59.7. The number of carboxylic acid groups (broad SMARTS) is 11. The summed E-state index contributed by atoms with van der Waals surface area (Å²) < 4.78 is 0. The Morgan fingerprint density at radius 3 is 0.796 bits per heavy atom. The van der Waals surface area contributed by atoms with Gasteiger partial charge in [-0.15, -0.1) is 0 Å². The molecule has 0 atom stereocenters. The third-order valence-corrected chi connectivity index (χ3v) is 4.82. The lowest BCUT2D eigenvalue weighted by molar-refractivity contribution is -0.170. The van der Waals surface area contributed by atoms with E-state index in [2.05, 4.69) is 12.3 Å². The van der Waals surface area contributed by atoms with Crippen molar-refractivity contribution < 1.29 is 114 Å². The molecule has 0 aromatic rings. The van der Waals surface area contributed by atoms with Gasteiger partial charge in [-0.1, -0.05) is 25.8 Å². The lowest BCUT2D eigenvalue weighted by atomic mass is 9.96. The van der Waals surface area contributed by atoms with E-state index in [1.807, 2.05) is 0 Å². The van der Waals surface area contributed by atoms with Crippen molar-refractivity contribution in [2.75, 3.05) is 6.54 Å². The van der Waals surface area contributed by atoms with Crippen molar-refractivity contribution in [2.24, 2.45) is 5.73 Å². The van der Waals surface area contributed by atoms with Crippen LogP contribution in [0.4, 0.5) is 0 Å². The molecule has 0 rings (SSSR count). The Morgan fingerprint density at radius 1 is 0.426 bits per heavy atom. The van der Waals surface area contributed by atoms with E-state index in [-0.39, 0.29) is 32.2 Å². The van der Waals surface area contributed by atoms with E-state index in [1.54, 1.807) is 0 Å². The van der Waals surface area contributed by atoms with Crippen LogP contribution in [-0.2, 0) is 52.7 Å². The molecule has 0 unspecified atom stereocenters. The highest BCUT2D eigenvalue weighted by atomic mass is 16.4. The maximum absolute atomic E-state index is 10.3. The molecule has 14 N–H and O–H groups in total. The monoisotopic (exact) mass is 789 g/mol. The van der Waals surface area contributed by atoms with Gasteiger partial charge in [-0.2, -0.15) is 0 Å². The summed E-state index contributed by atoms with van der Waals surface area (Å²) in [6, 6.07) is 0. The Balaban J connectivity index is -0.000000133. The van der Waals surface area contributed by atoms with Gasteiger partial charge in [-0.05, 0) is 25.7 Å². The highest BCUT2D eigenvalue weighted by Gasteiger charge is 2.40. The fourth-order valence-electron chi connectivity index (χ4n) is 2.49. The van der Waals surface area contributed by atoms with Crippen LogP contribution in [0.2, 0.25) is 0 Å². The Labute approximate surface area is 306 Å². The predicted molar refractivity (Wildman–Crippen MR) is 177 cm³/mol. The molecule has 24 heteroatoms. The van der Waals surface area contributed by atoms with Gasteiger partial charge >= 0.3 is 65.7 Å². The topological polar surface area (TPSA) is 457 Å². The summed E-state index contributed by atoms with van der Waals surface area (Å²) in [5, 5.41) is 97.5. The average molecular weight is 790 g/mol. The highest BCUT2D eigenvalue weighted by Crippen LogP contribution is 2.15. The number of aliphatic carboxylic acids is 11. The molecule has 0 aliphatic rings. The highest BCUT2D eigenvalue weighted by molar-refractivity contribution is 5.89. The zero-order valence-corrected chi connectivity index (χ0v) is 28.8. The first-order chi connectivity index (χ1) is 24.7. The molecule has 0 spiro atoms. The lowest BCUT2D eigenvalue weighted by Gasteiger charge is -2.18. The van der Waals surface area contributed by atoms with Gasteiger partial charge in [-0.25, -0.2) is 19.2 Å². The maximum atomic E-state index is 10.3. The number of unbranched alkanes of at least 4 members (excludes halogenated alkanes) is 5. The number of aliphatic hydroxyl groups is 1. The van der Waals surface area contributed by atoms with Crippen LogP contribution in [-0.4, -0.2) is 139 Å². The van der Waals surface area contributed by atoms with Crippen LogP contribution >= 0.6 is 0 Å². The molecule has 54 heavy (non-hydrogen) atoms. The molecule has 0 aromatic heterocycles. The van der Waals surface area contributed by atoms with Gasteiger partial charge in [0.2, 0.25) is 0 Å². The molecular formula is C30H47NO23. The largest absolute Gasteiger partial charge is 0.481 e. The Hall–Kier alpha value is -6.43. The summed E-state index contributed by atoms with van der Waals surface area (Å²) in [6.07, 6.45) is 5.21. The van der Waals surface area contributed by atoms with E-state index in [0.29, 0.717) is 37.8 Å². The number of hydrogen-bond donors (Lipinski definition) is 13. The van der Waals surface area contributed by atoms with Gasteiger partial charge in [-0.3, -0.25) is 33.6 Å². The Morgan fingerprint density at radius 2 is 0.648 bits per heavy atom. The molecule has 0 aliphatic carbocycles. The number of carbonyl (C=O) groups is 11. The zero-order valence-electron chi connectivity index (χ0n) is 28.8. The van der Waals surface area contributed by atoms with Gasteiger partial charge < -0.3 is 67.0 Å². The molecule has 0 fully saturated rings. The minimum Gasteiger partial charge on any atom is -0.481 e. The molecule has 0 aliphatic heterocycles. The molecular weight excluding hydrogens is 742 g/mol. The third kappa shape index (κ3) is 71.5. The summed E-state index contributed by atoms with van der Waals surface area (Å²) in [5.74, 6) is -12.7. The number of nitrogens with two attached hydrogens (primary N) is 1. The molecule has 0 bridgehead atoms. The standard InChI is InChI=1S/C9H16O4.C6H8O7.C6H10O4.C4H4O4.C3H4O2.C2H5NO2/c10-8(11)6-4-2-1-3-5-7-9(12)13;7-3(8)1-6(13,5(11)12)2-4(9)10;7-5(8)3-1-2-4-6(9)10;5-3(6)1-2-4(7)8;1-2-3(4)5;3-1-2(4)5/h1-7H2,(H,10,11)(H,12,13);13H,1-2H2,(H,7,8)(H,9,10)(H,11,12);1-4H2,(H,7,8)(H,9,10);1-2H,(H,5,6)(H,7,8);2H,1H2,(H,4,5);1,3H2,(H,4,5)/b;;;2-1+;;. The van der Waals surface area contributed by atoms with Crippen molar-refractivity contribution in [2.45, 2.75) is 89.1 Å². The van der Waals surface area contributed by atoms with E-state index in [1.165, 1.54) is 0 Å². The molecule has 0 radical (unpaired) electrons. The molecule has 24 nitrogen and oxygen atoms in total. The quantitative estimate of drug-likeness (QED) is 0.0519. The van der Waals surface area contributed by atoms with Crippen LogP contribution < -0.4 is 5.73 Å². The average Bonchev–Trinajstić information content (AvgIpc) is 3.02. The predicted octanol–water partition coefficient (Wildman–Crippen LogP) is 0.352. The molecule has 0 amide bonds. The first-order valence-electron chi connectivity index (χ1n) is 14.9. The van der Waals surface area contributed by atoms with Crippen LogP contribution in [0.5, 0.6) is 0 Å². The fourth-order valence-corrected chi connectivity index (χ4v) is 2.49. The summed E-state index contributed by atoms with van der Waals surface area (Å²) in [4.78, 5) is 108. The molecule has 0 saturated carbocycles. The van der Waals surface area contributed by atoms with Crippen LogP contribution in [0.15, 0.2) is 24.8 Å². The SMILES string of the molecule is C=CC(=O)O.NCC(=O)O.O=C(O)/C=C/C(=O)O.O=C(O)CC(O)(CC(=O)O)C(=O)O.O=C(O)CCCCC(=O)O.O=C(O)CCCCCCCC(=O)O. The van der Waals surface area contributed by atoms with Crippen LogP contribution in [0.1, 0.15) is 83.5 Å². The maximum Gasteiger partial charge on any atom is 0.336 e. The van der Waals surface area contributed by atoms with Crippen molar-refractivity contribution in [1.82, 2.24) is 0 Å². The van der Waals surface area contributed by atoms with Crippen molar-refractivity contribution in [3.8, 4) is 0 Å². The van der Waals surface area contributed by atoms with E-state index in [4.69, 9.17) is 61.3 Å². The third-order valence-electron chi connectivity index (χ3n) is 4.82. The number of rotatable bonds is 22. The smallest absolute Gasteiger partial charge is 0.336 e. The van der Waals surface area contributed by atoms with Crippen molar-refractivity contribution in [3.63, 3.8) is 0 Å². The van der Waals surface area contributed by atoms with Gasteiger partial charge in [0.15, 0.2) is 5.60 Å². The second-order valence-corrected chi connectivity index (χ2v) is 9.68. The minimum atomic E-state index is -2.74. The zero-order chi connectivity index (χ0) is 43.9. The summed E-state index contributed by atoms with van der Waals surface area (Å²) >= 11 is 0. The molecule has 0 heterocycles. The van der Waals surface area contributed by atoms with Gasteiger partial charge in [0.05, 0.1) is 19.4 Å². The molecule has 310 valence electrons. The molecule has 0 saturated heterocycles.